The van der Waals surface area contributed by atoms with Crippen LogP contribution in [0.2, 0.25) is 0 Å². The summed E-state index contributed by atoms with van der Waals surface area (Å²) in [5.74, 6) is 1.42. The average molecular weight is 427 g/mol. The molecular weight excluding hydrogens is 408 g/mol. The summed E-state index contributed by atoms with van der Waals surface area (Å²) in [4.78, 5) is 12.4. The van der Waals surface area contributed by atoms with Gasteiger partial charge in [0, 0.05) is 0 Å². The van der Waals surface area contributed by atoms with E-state index in [1.54, 1.807) is 30.3 Å². The Hall–Kier alpha value is -2.79. The Morgan fingerprint density at radius 3 is 2.30 bits per heavy atom. The molecule has 0 fully saturated rings. The number of aryl methyl sites for hydroxylation is 1. The molecule has 0 bridgehead atoms. The lowest BCUT2D eigenvalue weighted by Gasteiger charge is -2.10. The summed E-state index contributed by atoms with van der Waals surface area (Å²) in [6.45, 7) is 2.75. The quantitative estimate of drug-likeness (QED) is 0.286. The third-order valence-corrected chi connectivity index (χ3v) is 4.34. The number of hydrogen-bond acceptors (Lipinski definition) is 4. The first-order chi connectivity index (χ1) is 13.1. The fourth-order valence-corrected chi connectivity index (χ4v) is 2.97. The largest absolute Gasteiger partial charge is 0.490 e. The topological polar surface area (TPSA) is 44.8 Å². The molecule has 4 nitrogen and oxygen atoms in total. The molecule has 0 amide bonds. The van der Waals surface area contributed by atoms with Crippen molar-refractivity contribution in [1.82, 2.24) is 0 Å². The number of rotatable bonds is 7. The number of para-hydroxylation sites is 1. The van der Waals surface area contributed by atoms with Crippen LogP contribution >= 0.6 is 15.9 Å². The zero-order chi connectivity index (χ0) is 19.1. The molecule has 138 valence electrons. The predicted molar refractivity (Wildman–Crippen MR) is 108 cm³/mol. The van der Waals surface area contributed by atoms with Crippen molar-refractivity contribution < 1.29 is 19.0 Å². The van der Waals surface area contributed by atoms with Crippen LogP contribution in [0.1, 0.15) is 15.9 Å². The fourth-order valence-electron chi connectivity index (χ4n) is 2.40. The van der Waals surface area contributed by atoms with E-state index in [1.807, 2.05) is 49.4 Å². The van der Waals surface area contributed by atoms with Gasteiger partial charge in [-0.25, -0.2) is 4.79 Å². The molecule has 0 aliphatic heterocycles. The Labute approximate surface area is 166 Å². The molecule has 0 saturated heterocycles. The van der Waals surface area contributed by atoms with Gasteiger partial charge >= 0.3 is 5.97 Å². The molecule has 0 heterocycles. The molecule has 0 atom stereocenters. The number of ether oxygens (including phenoxy) is 3. The maximum Gasteiger partial charge on any atom is 0.343 e. The molecule has 0 saturated carbocycles. The van der Waals surface area contributed by atoms with Gasteiger partial charge in [-0.2, -0.15) is 0 Å². The first kappa shape index (κ1) is 19.0. The van der Waals surface area contributed by atoms with Crippen molar-refractivity contribution in [3.05, 3.63) is 88.4 Å². The number of carbonyl (C=O) groups excluding carboxylic acids is 1. The molecule has 3 aromatic carbocycles. The predicted octanol–water partition coefficient (Wildman–Crippen LogP) is 5.43. The van der Waals surface area contributed by atoms with Crippen molar-refractivity contribution in [1.29, 1.82) is 0 Å². The number of carbonyl (C=O) groups is 1. The smallest absolute Gasteiger partial charge is 0.343 e. The van der Waals surface area contributed by atoms with Crippen LogP contribution in [0.15, 0.2) is 77.3 Å². The van der Waals surface area contributed by atoms with Gasteiger partial charge < -0.3 is 14.2 Å². The van der Waals surface area contributed by atoms with Crippen molar-refractivity contribution in [2.75, 3.05) is 13.2 Å². The molecule has 27 heavy (non-hydrogen) atoms. The second-order valence-electron chi connectivity index (χ2n) is 5.86. The van der Waals surface area contributed by atoms with E-state index in [-0.39, 0.29) is 0 Å². The molecule has 5 heteroatoms. The highest BCUT2D eigenvalue weighted by atomic mass is 79.9. The molecule has 0 radical (unpaired) electrons. The van der Waals surface area contributed by atoms with Gasteiger partial charge in [-0.3, -0.25) is 0 Å². The third-order valence-electron chi connectivity index (χ3n) is 3.72. The lowest BCUT2D eigenvalue weighted by atomic mass is 10.2. The van der Waals surface area contributed by atoms with Crippen LogP contribution in [-0.4, -0.2) is 19.2 Å². The van der Waals surface area contributed by atoms with Gasteiger partial charge in [0.15, 0.2) is 0 Å². The van der Waals surface area contributed by atoms with Crippen LogP contribution in [-0.2, 0) is 0 Å². The van der Waals surface area contributed by atoms with Crippen LogP contribution in [0.5, 0.6) is 17.2 Å². The Balaban J connectivity index is 1.55. The van der Waals surface area contributed by atoms with Crippen LogP contribution < -0.4 is 14.2 Å². The highest BCUT2D eigenvalue weighted by Crippen LogP contribution is 2.27. The van der Waals surface area contributed by atoms with E-state index in [4.69, 9.17) is 14.2 Å². The molecule has 0 N–H and O–H groups in total. The molecule has 0 unspecified atom stereocenters. The standard InChI is InChI=1S/C22H19BrO4/c1-16-10-11-21(20(23)14-16)27-22(24)17-6-5-9-19(15-17)26-13-12-25-18-7-3-2-4-8-18/h2-11,14-15H,12-13H2,1H3. The zero-order valence-electron chi connectivity index (χ0n) is 14.9. The summed E-state index contributed by atoms with van der Waals surface area (Å²) in [7, 11) is 0. The molecule has 0 aliphatic carbocycles. The maximum atomic E-state index is 12.4. The first-order valence-corrected chi connectivity index (χ1v) is 9.30. The molecule has 3 aromatic rings. The van der Waals surface area contributed by atoms with Gasteiger partial charge in [0.2, 0.25) is 0 Å². The SMILES string of the molecule is Cc1ccc(OC(=O)c2cccc(OCCOc3ccccc3)c2)c(Br)c1. The molecule has 0 spiro atoms. The van der Waals surface area contributed by atoms with Crippen molar-refractivity contribution >= 4 is 21.9 Å². The van der Waals surface area contributed by atoms with Gasteiger partial charge in [-0.15, -0.1) is 0 Å². The first-order valence-electron chi connectivity index (χ1n) is 8.51. The number of hydrogen-bond donors (Lipinski definition) is 0. The highest BCUT2D eigenvalue weighted by Gasteiger charge is 2.12. The summed E-state index contributed by atoms with van der Waals surface area (Å²) in [5.41, 5.74) is 1.50. The Bertz CT molecular complexity index is 909. The fraction of sp³-hybridized carbons (Fsp3) is 0.136. The Morgan fingerprint density at radius 1 is 0.852 bits per heavy atom. The van der Waals surface area contributed by atoms with E-state index in [0.29, 0.717) is 30.3 Å². The van der Waals surface area contributed by atoms with Crippen molar-refractivity contribution in [3.63, 3.8) is 0 Å². The van der Waals surface area contributed by atoms with Gasteiger partial charge in [-0.1, -0.05) is 30.3 Å². The van der Waals surface area contributed by atoms with E-state index in [9.17, 15) is 4.79 Å². The molecule has 3 rings (SSSR count). The third kappa shape index (κ3) is 5.59. The van der Waals surface area contributed by atoms with Crippen LogP contribution in [0.25, 0.3) is 0 Å². The summed E-state index contributed by atoms with van der Waals surface area (Å²) >= 11 is 3.41. The van der Waals surface area contributed by atoms with E-state index >= 15 is 0 Å². The van der Waals surface area contributed by atoms with Gasteiger partial charge in [-0.05, 0) is 70.9 Å². The van der Waals surface area contributed by atoms with Crippen LogP contribution in [0, 0.1) is 6.92 Å². The van der Waals surface area contributed by atoms with Crippen molar-refractivity contribution in [3.8, 4) is 17.2 Å². The lowest BCUT2D eigenvalue weighted by molar-refractivity contribution is 0.0733. The second-order valence-corrected chi connectivity index (χ2v) is 6.72. The Kier molecular flexibility index (Phi) is 6.49. The van der Waals surface area contributed by atoms with Gasteiger partial charge in [0.1, 0.15) is 30.5 Å². The monoisotopic (exact) mass is 426 g/mol. The minimum absolute atomic E-state index is 0.372. The van der Waals surface area contributed by atoms with Gasteiger partial charge in [0.05, 0.1) is 10.0 Å². The van der Waals surface area contributed by atoms with E-state index < -0.39 is 5.97 Å². The Morgan fingerprint density at radius 2 is 1.56 bits per heavy atom. The van der Waals surface area contributed by atoms with E-state index in [2.05, 4.69) is 15.9 Å². The summed E-state index contributed by atoms with van der Waals surface area (Å²) in [6, 6.07) is 22.0. The van der Waals surface area contributed by atoms with Crippen molar-refractivity contribution in [2.24, 2.45) is 0 Å². The summed E-state index contributed by atoms with van der Waals surface area (Å²) < 4.78 is 17.4. The van der Waals surface area contributed by atoms with E-state index in [0.717, 1.165) is 15.8 Å². The van der Waals surface area contributed by atoms with Crippen molar-refractivity contribution in [2.45, 2.75) is 6.92 Å². The minimum atomic E-state index is -0.439. The number of esters is 1. The second kappa shape index (κ2) is 9.24. The number of benzene rings is 3. The zero-order valence-corrected chi connectivity index (χ0v) is 16.4. The highest BCUT2D eigenvalue weighted by molar-refractivity contribution is 9.10. The molecule has 0 aliphatic rings. The van der Waals surface area contributed by atoms with E-state index in [1.165, 1.54) is 0 Å². The number of halogens is 1. The average Bonchev–Trinajstić information content (AvgIpc) is 2.68. The summed E-state index contributed by atoms with van der Waals surface area (Å²) in [6.07, 6.45) is 0. The lowest BCUT2D eigenvalue weighted by Crippen LogP contribution is -2.11. The van der Waals surface area contributed by atoms with Crippen LogP contribution in [0.3, 0.4) is 0 Å². The maximum absolute atomic E-state index is 12.4. The molecular formula is C22H19BrO4. The normalized spacial score (nSPS) is 10.3. The molecule has 0 aromatic heterocycles. The van der Waals surface area contributed by atoms with Crippen LogP contribution in [0.4, 0.5) is 0 Å². The summed E-state index contributed by atoms with van der Waals surface area (Å²) in [5, 5.41) is 0. The van der Waals surface area contributed by atoms with Gasteiger partial charge in [0.25, 0.3) is 0 Å². The minimum Gasteiger partial charge on any atom is -0.490 e.